The van der Waals surface area contributed by atoms with Crippen molar-refractivity contribution in [2.75, 3.05) is 5.32 Å². The number of benzene rings is 1. The molecule has 0 radical (unpaired) electrons. The summed E-state index contributed by atoms with van der Waals surface area (Å²) in [6.07, 6.45) is 2.75. The van der Waals surface area contributed by atoms with E-state index >= 15 is 0 Å². The Kier molecular flexibility index (Phi) is 5.84. The Hall–Kier alpha value is -2.06. The molecule has 122 valence electrons. The lowest BCUT2D eigenvalue weighted by Crippen LogP contribution is -2.06. The fraction of sp³-hybridized carbons (Fsp3) is 0.118. The summed E-state index contributed by atoms with van der Waals surface area (Å²) in [7, 11) is 0. The molecule has 0 saturated heterocycles. The van der Waals surface area contributed by atoms with Crippen LogP contribution in [0.25, 0.3) is 0 Å². The predicted octanol–water partition coefficient (Wildman–Crippen LogP) is 5.42. The van der Waals surface area contributed by atoms with Gasteiger partial charge in [-0.15, -0.1) is 0 Å². The molecule has 0 saturated carbocycles. The molecule has 0 bridgehead atoms. The molecule has 0 spiro atoms. The number of rotatable bonds is 4. The number of pyridine rings is 1. The number of hydrogen-bond donors (Lipinski definition) is 1. The molecule has 0 aliphatic carbocycles. The first-order valence-electron chi connectivity index (χ1n) is 6.84. The third-order valence-electron chi connectivity index (χ3n) is 3.28. The van der Waals surface area contributed by atoms with Crippen molar-refractivity contribution in [1.29, 1.82) is 5.26 Å². The van der Waals surface area contributed by atoms with Crippen LogP contribution in [-0.2, 0) is 0 Å². The number of carbonyl (C=O) groups is 1. The average molecular weight is 381 g/mol. The summed E-state index contributed by atoms with van der Waals surface area (Å²) < 4.78 is 0. The Balaban J connectivity index is 2.35. The van der Waals surface area contributed by atoms with Crippen LogP contribution in [0.4, 0.5) is 5.69 Å². The van der Waals surface area contributed by atoms with Crippen molar-refractivity contribution in [2.45, 2.75) is 13.8 Å². The van der Waals surface area contributed by atoms with Gasteiger partial charge >= 0.3 is 0 Å². The first-order valence-corrected chi connectivity index (χ1v) is 7.97. The maximum atomic E-state index is 12.5. The number of nitrogens with one attached hydrogen (secondary N) is 1. The second-order valence-corrected chi connectivity index (χ2v) is 6.16. The van der Waals surface area contributed by atoms with Gasteiger partial charge in [0.2, 0.25) is 0 Å². The molecule has 7 heteroatoms. The molecule has 0 aliphatic rings. The van der Waals surface area contributed by atoms with E-state index in [0.29, 0.717) is 32.6 Å². The summed E-state index contributed by atoms with van der Waals surface area (Å²) >= 11 is 18.1. The molecule has 2 aromatic rings. The highest BCUT2D eigenvalue weighted by Crippen LogP contribution is 2.28. The van der Waals surface area contributed by atoms with Gasteiger partial charge < -0.3 is 5.32 Å². The van der Waals surface area contributed by atoms with E-state index in [1.165, 1.54) is 12.3 Å². The Morgan fingerprint density at radius 2 is 2.00 bits per heavy atom. The van der Waals surface area contributed by atoms with Crippen LogP contribution in [0.2, 0.25) is 15.2 Å². The highest BCUT2D eigenvalue weighted by Gasteiger charge is 2.16. The number of anilines is 1. The lowest BCUT2D eigenvalue weighted by molar-refractivity contribution is 0.104. The zero-order valence-electron chi connectivity index (χ0n) is 12.8. The molecule has 0 amide bonds. The maximum absolute atomic E-state index is 12.5. The van der Waals surface area contributed by atoms with Gasteiger partial charge in [-0.1, -0.05) is 40.9 Å². The SMILES string of the molecule is C/C(=C\C(=O)c1c(Cl)ncc(Cl)c1C)Nc1c(Cl)cccc1C#N. The topological polar surface area (TPSA) is 65.8 Å². The van der Waals surface area contributed by atoms with Gasteiger partial charge in [0, 0.05) is 18.0 Å². The van der Waals surface area contributed by atoms with E-state index < -0.39 is 0 Å². The van der Waals surface area contributed by atoms with Gasteiger partial charge in [-0.2, -0.15) is 5.26 Å². The molecular formula is C17H12Cl3N3O. The van der Waals surface area contributed by atoms with Crippen molar-refractivity contribution in [3.8, 4) is 6.07 Å². The lowest BCUT2D eigenvalue weighted by atomic mass is 10.1. The molecule has 1 aromatic heterocycles. The second kappa shape index (κ2) is 7.67. The van der Waals surface area contributed by atoms with E-state index in [1.807, 2.05) is 6.07 Å². The van der Waals surface area contributed by atoms with Gasteiger partial charge in [0.15, 0.2) is 5.78 Å². The van der Waals surface area contributed by atoms with Gasteiger partial charge in [0.05, 0.1) is 26.9 Å². The monoisotopic (exact) mass is 379 g/mol. The van der Waals surface area contributed by atoms with E-state index in [2.05, 4.69) is 10.3 Å². The number of halogens is 3. The van der Waals surface area contributed by atoms with E-state index in [4.69, 9.17) is 40.1 Å². The minimum absolute atomic E-state index is 0.0846. The van der Waals surface area contributed by atoms with Crippen LogP contribution < -0.4 is 5.32 Å². The van der Waals surface area contributed by atoms with Crippen molar-refractivity contribution < 1.29 is 4.79 Å². The number of para-hydroxylation sites is 1. The summed E-state index contributed by atoms with van der Waals surface area (Å²) in [6.45, 7) is 3.38. The summed E-state index contributed by atoms with van der Waals surface area (Å²) in [5.41, 5.74) is 2.11. The Morgan fingerprint density at radius 1 is 1.29 bits per heavy atom. The van der Waals surface area contributed by atoms with Crippen LogP contribution in [0.15, 0.2) is 36.2 Å². The van der Waals surface area contributed by atoms with Crippen molar-refractivity contribution in [1.82, 2.24) is 4.98 Å². The number of nitriles is 1. The average Bonchev–Trinajstić information content (AvgIpc) is 2.53. The fourth-order valence-corrected chi connectivity index (χ4v) is 2.73. The van der Waals surface area contributed by atoms with E-state index in [1.54, 1.807) is 32.0 Å². The first-order chi connectivity index (χ1) is 11.3. The minimum Gasteiger partial charge on any atom is -0.357 e. The van der Waals surface area contributed by atoms with Crippen LogP contribution >= 0.6 is 34.8 Å². The number of ketones is 1. The van der Waals surface area contributed by atoms with Gasteiger partial charge in [-0.05, 0) is 31.5 Å². The molecule has 2 rings (SSSR count). The Morgan fingerprint density at radius 3 is 2.67 bits per heavy atom. The summed E-state index contributed by atoms with van der Waals surface area (Å²) in [4.78, 5) is 16.4. The first kappa shape index (κ1) is 18.3. The smallest absolute Gasteiger partial charge is 0.190 e. The van der Waals surface area contributed by atoms with Gasteiger partial charge in [0.1, 0.15) is 11.2 Å². The quantitative estimate of drug-likeness (QED) is 0.437. The standard InChI is InChI=1S/C17H12Cl3N3O/c1-9(23-16-11(7-21)4-3-5-12(16)18)6-14(24)15-10(2)13(19)8-22-17(15)20/h3-6,8,23H,1-2H3/b9-6+. The Bertz CT molecular complexity index is 885. The predicted molar refractivity (Wildman–Crippen MR) is 96.9 cm³/mol. The highest BCUT2D eigenvalue weighted by atomic mass is 35.5. The molecule has 0 unspecified atom stereocenters. The molecule has 1 aromatic carbocycles. The normalized spacial score (nSPS) is 11.1. The lowest BCUT2D eigenvalue weighted by Gasteiger charge is -2.11. The van der Waals surface area contributed by atoms with Gasteiger partial charge in [-0.25, -0.2) is 4.98 Å². The van der Waals surface area contributed by atoms with Crippen LogP contribution in [0.5, 0.6) is 0 Å². The molecule has 4 nitrogen and oxygen atoms in total. The van der Waals surface area contributed by atoms with E-state index in [0.717, 1.165) is 0 Å². The van der Waals surface area contributed by atoms with Gasteiger partial charge in [-0.3, -0.25) is 4.79 Å². The molecule has 0 aliphatic heterocycles. The number of carbonyl (C=O) groups excluding carboxylic acids is 1. The molecule has 0 fully saturated rings. The van der Waals surface area contributed by atoms with Gasteiger partial charge in [0.25, 0.3) is 0 Å². The van der Waals surface area contributed by atoms with E-state index in [9.17, 15) is 4.79 Å². The zero-order chi connectivity index (χ0) is 17.9. The number of nitrogens with zero attached hydrogens (tertiary/aromatic N) is 2. The van der Waals surface area contributed by atoms with E-state index in [-0.39, 0.29) is 16.5 Å². The fourth-order valence-electron chi connectivity index (χ4n) is 2.08. The number of hydrogen-bond acceptors (Lipinski definition) is 4. The number of aromatic nitrogens is 1. The summed E-state index contributed by atoms with van der Waals surface area (Å²) in [5, 5.41) is 12.9. The van der Waals surface area contributed by atoms with Crippen molar-refractivity contribution in [2.24, 2.45) is 0 Å². The highest BCUT2D eigenvalue weighted by molar-refractivity contribution is 6.36. The van der Waals surface area contributed by atoms with Crippen LogP contribution in [0, 0.1) is 18.3 Å². The van der Waals surface area contributed by atoms with Crippen molar-refractivity contribution in [3.05, 3.63) is 68.1 Å². The van der Waals surface area contributed by atoms with Crippen LogP contribution in [-0.4, -0.2) is 10.8 Å². The molecule has 1 heterocycles. The minimum atomic E-state index is -0.344. The molecule has 24 heavy (non-hydrogen) atoms. The molecule has 1 N–H and O–H groups in total. The molecular weight excluding hydrogens is 369 g/mol. The number of allylic oxidation sites excluding steroid dienone is 2. The summed E-state index contributed by atoms with van der Waals surface area (Å²) in [6, 6.07) is 7.01. The van der Waals surface area contributed by atoms with Crippen molar-refractivity contribution >= 4 is 46.3 Å². The van der Waals surface area contributed by atoms with Crippen molar-refractivity contribution in [3.63, 3.8) is 0 Å². The molecule has 0 atom stereocenters. The van der Waals surface area contributed by atoms with Crippen LogP contribution in [0.1, 0.15) is 28.4 Å². The third-order valence-corrected chi connectivity index (χ3v) is 4.26. The largest absolute Gasteiger partial charge is 0.357 e. The summed E-state index contributed by atoms with van der Waals surface area (Å²) in [5.74, 6) is -0.344. The third kappa shape index (κ3) is 3.88. The maximum Gasteiger partial charge on any atom is 0.190 e. The second-order valence-electron chi connectivity index (χ2n) is 4.99. The zero-order valence-corrected chi connectivity index (χ0v) is 15.1. The van der Waals surface area contributed by atoms with Crippen LogP contribution in [0.3, 0.4) is 0 Å². The Labute approximate surface area is 154 Å².